The highest BCUT2D eigenvalue weighted by molar-refractivity contribution is 6.35. The molecule has 0 aliphatic carbocycles. The molecule has 0 unspecified atom stereocenters. The molecule has 0 aromatic heterocycles. The molecular weight excluding hydrogens is 379 g/mol. The van der Waals surface area contributed by atoms with E-state index in [1.54, 1.807) is 6.07 Å². The summed E-state index contributed by atoms with van der Waals surface area (Å²) < 4.78 is 0. The summed E-state index contributed by atoms with van der Waals surface area (Å²) in [6, 6.07) is 11.2. The van der Waals surface area contributed by atoms with Crippen LogP contribution in [0.15, 0.2) is 52.8 Å². The van der Waals surface area contributed by atoms with Crippen LogP contribution in [-0.4, -0.2) is 5.84 Å². The Labute approximate surface area is 172 Å². The molecule has 2 rings (SSSR count). The zero-order valence-electron chi connectivity index (χ0n) is 16.6. The smallest absolute Gasteiger partial charge is 0.176 e. The predicted molar refractivity (Wildman–Crippen MR) is 119 cm³/mol. The van der Waals surface area contributed by atoms with Crippen LogP contribution < -0.4 is 5.84 Å². The lowest BCUT2D eigenvalue weighted by molar-refractivity contribution is 1.07. The van der Waals surface area contributed by atoms with Gasteiger partial charge in [0.2, 0.25) is 0 Å². The fourth-order valence-corrected chi connectivity index (χ4v) is 2.61. The van der Waals surface area contributed by atoms with E-state index < -0.39 is 0 Å². The van der Waals surface area contributed by atoms with Crippen molar-refractivity contribution < 1.29 is 0 Å². The molecule has 0 amide bonds. The van der Waals surface area contributed by atoms with Crippen molar-refractivity contribution in [2.75, 3.05) is 0 Å². The van der Waals surface area contributed by atoms with Gasteiger partial charge in [0, 0.05) is 15.6 Å². The predicted octanol–water partition coefficient (Wildman–Crippen LogP) is 7.26. The summed E-state index contributed by atoms with van der Waals surface area (Å²) in [5.74, 6) is 4.97. The Morgan fingerprint density at radius 1 is 1.15 bits per heavy atom. The summed E-state index contributed by atoms with van der Waals surface area (Å²) in [6.07, 6.45) is 4.90. The van der Waals surface area contributed by atoms with Crippen molar-refractivity contribution in [3.05, 3.63) is 74.8 Å². The van der Waals surface area contributed by atoms with Crippen LogP contribution in [0.4, 0.5) is 0 Å². The third kappa shape index (κ3) is 8.85. The summed E-state index contributed by atoms with van der Waals surface area (Å²) >= 11 is 11.5. The highest BCUT2D eigenvalue weighted by Crippen LogP contribution is 2.20. The molecule has 0 saturated carbocycles. The number of nitrogens with one attached hydrogen (secondary N) is 1. The van der Waals surface area contributed by atoms with Gasteiger partial charge in [0.1, 0.15) is 0 Å². The van der Waals surface area contributed by atoms with Crippen molar-refractivity contribution >= 4 is 35.1 Å². The molecule has 0 aliphatic rings. The van der Waals surface area contributed by atoms with Gasteiger partial charge in [-0.05, 0) is 55.2 Å². The van der Waals surface area contributed by atoms with Gasteiger partial charge in [0.25, 0.3) is 0 Å². The number of nitrogens with two attached hydrogens (primary N) is 1. The minimum Gasteiger partial charge on any atom is -0.305 e. The van der Waals surface area contributed by atoms with Crippen molar-refractivity contribution in [3.63, 3.8) is 0 Å². The fraction of sp³-hybridized carbons (Fsp3) is 0.286. The summed E-state index contributed by atoms with van der Waals surface area (Å²) in [6.45, 7) is 10.0. The first-order valence-electron chi connectivity index (χ1n) is 8.80. The largest absolute Gasteiger partial charge is 0.305 e. The summed E-state index contributed by atoms with van der Waals surface area (Å²) in [4.78, 5) is 0. The van der Waals surface area contributed by atoms with Crippen LogP contribution >= 0.6 is 23.2 Å². The molecule has 6 heteroatoms. The maximum Gasteiger partial charge on any atom is 0.176 e. The Morgan fingerprint density at radius 3 is 2.33 bits per heavy atom. The van der Waals surface area contributed by atoms with Gasteiger partial charge in [-0.15, -0.1) is 5.11 Å². The molecule has 0 fully saturated rings. The standard InChI is InChI=1S/C11H14N4.C8H8Cl2.C2H6/c1-3-4-9-7-10(6-5-8(9)2)11(12)14-15-13;1-2-6-3-4-7(9)5-8(6)10;1-2/h3-7H,1-2H3,(H3,12,13,14);3-5H,2H2,1H3;1-2H3/b4-3-;;. The van der Waals surface area contributed by atoms with Crippen LogP contribution in [0.3, 0.4) is 0 Å². The first-order chi connectivity index (χ1) is 12.9. The zero-order valence-corrected chi connectivity index (χ0v) is 18.1. The third-order valence-corrected chi connectivity index (χ3v) is 4.04. The lowest BCUT2D eigenvalue weighted by atomic mass is 10.0. The molecule has 146 valence electrons. The van der Waals surface area contributed by atoms with Crippen molar-refractivity contribution in [2.24, 2.45) is 16.2 Å². The van der Waals surface area contributed by atoms with E-state index in [-0.39, 0.29) is 5.84 Å². The Bertz CT molecular complexity index is 784. The average Bonchev–Trinajstić information content (AvgIpc) is 2.66. The maximum absolute atomic E-state index is 7.56. The molecule has 0 bridgehead atoms. The van der Waals surface area contributed by atoms with Crippen LogP contribution in [0.5, 0.6) is 0 Å². The second-order valence-corrected chi connectivity index (χ2v) is 6.07. The monoisotopic (exact) mass is 406 g/mol. The molecule has 2 aromatic carbocycles. The SMILES string of the molecule is C/C=C\c1cc(C(=N)N=NN)ccc1C.CC.CCc1ccc(Cl)cc1Cl. The molecule has 3 N–H and O–H groups in total. The number of nitrogens with zero attached hydrogens (tertiary/aromatic N) is 2. The number of rotatable bonds is 3. The third-order valence-electron chi connectivity index (χ3n) is 3.45. The quantitative estimate of drug-likeness (QED) is 0.181. The molecule has 0 atom stereocenters. The van der Waals surface area contributed by atoms with Crippen LogP contribution in [-0.2, 0) is 6.42 Å². The molecule has 0 heterocycles. The van der Waals surface area contributed by atoms with Gasteiger partial charge in [-0.25, -0.2) is 0 Å². The Kier molecular flexibility index (Phi) is 12.8. The van der Waals surface area contributed by atoms with E-state index in [1.807, 2.05) is 70.2 Å². The van der Waals surface area contributed by atoms with E-state index in [9.17, 15) is 0 Å². The summed E-state index contributed by atoms with van der Waals surface area (Å²) in [7, 11) is 0. The van der Waals surface area contributed by atoms with Gasteiger partial charge < -0.3 is 5.84 Å². The molecule has 4 nitrogen and oxygen atoms in total. The first kappa shape index (κ1) is 24.8. The topological polar surface area (TPSA) is 74.6 Å². The van der Waals surface area contributed by atoms with Gasteiger partial charge >= 0.3 is 0 Å². The minimum absolute atomic E-state index is 0.0725. The molecule has 2 aromatic rings. The van der Waals surface area contributed by atoms with Gasteiger partial charge in [-0.2, -0.15) is 0 Å². The van der Waals surface area contributed by atoms with E-state index in [0.29, 0.717) is 10.6 Å². The Balaban J connectivity index is 0.000000488. The summed E-state index contributed by atoms with van der Waals surface area (Å²) in [5, 5.41) is 15.6. The lowest BCUT2D eigenvalue weighted by Gasteiger charge is -2.03. The highest BCUT2D eigenvalue weighted by atomic mass is 35.5. The molecular formula is C21H28Cl2N4. The maximum atomic E-state index is 7.56. The average molecular weight is 407 g/mol. The molecule has 0 radical (unpaired) electrons. The van der Waals surface area contributed by atoms with Crippen molar-refractivity contribution in [1.82, 2.24) is 0 Å². The number of benzene rings is 2. The number of halogens is 2. The van der Waals surface area contributed by atoms with E-state index >= 15 is 0 Å². The molecule has 0 saturated heterocycles. The van der Waals surface area contributed by atoms with E-state index in [4.69, 9.17) is 34.5 Å². The van der Waals surface area contributed by atoms with Gasteiger partial charge in [0.15, 0.2) is 5.84 Å². The Morgan fingerprint density at radius 2 is 1.81 bits per heavy atom. The number of hydrogen-bond acceptors (Lipinski definition) is 2. The minimum atomic E-state index is 0.0725. The fourth-order valence-electron chi connectivity index (χ4n) is 2.07. The zero-order chi connectivity index (χ0) is 20.8. The number of aryl methyl sites for hydroxylation is 2. The van der Waals surface area contributed by atoms with E-state index in [0.717, 1.165) is 28.1 Å². The molecule has 0 aliphatic heterocycles. The molecule has 27 heavy (non-hydrogen) atoms. The van der Waals surface area contributed by atoms with Gasteiger partial charge in [0.05, 0.1) is 0 Å². The van der Waals surface area contributed by atoms with Crippen molar-refractivity contribution in [2.45, 2.75) is 41.0 Å². The number of amidine groups is 1. The lowest BCUT2D eigenvalue weighted by Crippen LogP contribution is -1.96. The van der Waals surface area contributed by atoms with Crippen LogP contribution in [0.2, 0.25) is 10.0 Å². The Hall–Kier alpha value is -2.17. The molecule has 0 spiro atoms. The summed E-state index contributed by atoms with van der Waals surface area (Å²) in [5.41, 5.74) is 4.09. The second-order valence-electron chi connectivity index (χ2n) is 5.22. The normalized spacial score (nSPS) is 10.2. The number of hydrogen-bond donors (Lipinski definition) is 2. The van der Waals surface area contributed by atoms with Gasteiger partial charge in [-0.3, -0.25) is 5.41 Å². The first-order valence-corrected chi connectivity index (χ1v) is 9.55. The second kappa shape index (κ2) is 14.0. The van der Waals surface area contributed by atoms with Crippen LogP contribution in [0.1, 0.15) is 49.9 Å². The van der Waals surface area contributed by atoms with Crippen LogP contribution in [0.25, 0.3) is 6.08 Å². The van der Waals surface area contributed by atoms with Crippen molar-refractivity contribution in [1.29, 1.82) is 5.41 Å². The van der Waals surface area contributed by atoms with E-state index in [1.165, 1.54) is 0 Å². The van der Waals surface area contributed by atoms with E-state index in [2.05, 4.69) is 17.3 Å². The van der Waals surface area contributed by atoms with Crippen LogP contribution in [0, 0.1) is 12.3 Å². The van der Waals surface area contributed by atoms with Gasteiger partial charge in [-0.1, -0.05) is 79.5 Å². The number of allylic oxidation sites excluding steroid dienone is 1. The van der Waals surface area contributed by atoms with Crippen molar-refractivity contribution in [3.8, 4) is 0 Å². The highest BCUT2D eigenvalue weighted by Gasteiger charge is 2.02.